The summed E-state index contributed by atoms with van der Waals surface area (Å²) in [5, 5.41) is 9.13. The first kappa shape index (κ1) is 9.81. The minimum absolute atomic E-state index is 0.308. The Morgan fingerprint density at radius 1 is 1.31 bits per heavy atom. The number of nitrogens with zero attached hydrogens (tertiary/aromatic N) is 1. The third-order valence-corrected chi connectivity index (χ3v) is 2.13. The zero-order chi connectivity index (χ0) is 9.90. The molecular formula is C11H16NO+. The fourth-order valence-electron chi connectivity index (χ4n) is 1.28. The summed E-state index contributed by atoms with van der Waals surface area (Å²) < 4.78 is 0.754. The highest BCUT2D eigenvalue weighted by Crippen LogP contribution is 2.21. The molecule has 0 aliphatic heterocycles. The lowest BCUT2D eigenvalue weighted by atomic mass is 10.2. The molecule has 0 radical (unpaired) electrons. The summed E-state index contributed by atoms with van der Waals surface area (Å²) in [6.07, 6.45) is 1.90. The largest absolute Gasteiger partial charge is 0.508 e. The average Bonchev–Trinajstić information content (AvgIpc) is 2.05. The molecule has 0 saturated carbocycles. The first-order chi connectivity index (χ1) is 6.06. The van der Waals surface area contributed by atoms with E-state index in [1.807, 2.05) is 18.2 Å². The van der Waals surface area contributed by atoms with Gasteiger partial charge in [-0.1, -0.05) is 6.58 Å². The quantitative estimate of drug-likeness (QED) is 0.555. The maximum absolute atomic E-state index is 9.13. The third-order valence-electron chi connectivity index (χ3n) is 2.13. The average molecular weight is 178 g/mol. The third kappa shape index (κ3) is 2.33. The molecule has 1 N–H and O–H groups in total. The summed E-state index contributed by atoms with van der Waals surface area (Å²) in [5.74, 6) is 0.308. The van der Waals surface area contributed by atoms with Crippen LogP contribution >= 0.6 is 0 Å². The minimum atomic E-state index is 0.308. The minimum Gasteiger partial charge on any atom is -0.508 e. The fourth-order valence-corrected chi connectivity index (χ4v) is 1.28. The number of aromatic hydroxyl groups is 1. The van der Waals surface area contributed by atoms with Gasteiger partial charge in [0.25, 0.3) is 0 Å². The molecule has 70 valence electrons. The van der Waals surface area contributed by atoms with Crippen LogP contribution < -0.4 is 4.48 Å². The molecule has 0 fully saturated rings. The predicted octanol–water partition coefficient (Wildman–Crippen LogP) is 2.15. The molecule has 1 aromatic carbocycles. The van der Waals surface area contributed by atoms with E-state index in [0.717, 1.165) is 16.7 Å². The van der Waals surface area contributed by atoms with Crippen LogP contribution in [0.5, 0.6) is 5.75 Å². The summed E-state index contributed by atoms with van der Waals surface area (Å²) >= 11 is 0. The van der Waals surface area contributed by atoms with Crippen molar-refractivity contribution < 1.29 is 5.11 Å². The Labute approximate surface area is 79.3 Å². The monoisotopic (exact) mass is 178 g/mol. The first-order valence-electron chi connectivity index (χ1n) is 4.30. The lowest BCUT2D eigenvalue weighted by Crippen LogP contribution is -2.40. The second-order valence-corrected chi connectivity index (χ2v) is 3.67. The van der Waals surface area contributed by atoms with Crippen molar-refractivity contribution in [2.24, 2.45) is 0 Å². The van der Waals surface area contributed by atoms with Gasteiger partial charge in [-0.05, 0) is 18.2 Å². The van der Waals surface area contributed by atoms with E-state index < -0.39 is 0 Å². The number of likely N-dealkylation sites (N-methyl/N-ethyl adjacent to an activating group) is 1. The van der Waals surface area contributed by atoms with Gasteiger partial charge in [-0.3, -0.25) is 4.48 Å². The second-order valence-electron chi connectivity index (χ2n) is 3.67. The topological polar surface area (TPSA) is 20.2 Å². The molecule has 2 heteroatoms. The standard InChI is InChI=1S/C11H15NO/c1-4-9-12(2,3)10-5-7-11(13)8-6-10/h4-8H,1,9H2,2-3H3/p+1. The first-order valence-corrected chi connectivity index (χ1v) is 4.30. The molecule has 0 heterocycles. The molecule has 0 aliphatic carbocycles. The predicted molar refractivity (Wildman–Crippen MR) is 56.8 cm³/mol. The van der Waals surface area contributed by atoms with Crippen LogP contribution in [0.1, 0.15) is 0 Å². The molecule has 0 atom stereocenters. The zero-order valence-corrected chi connectivity index (χ0v) is 8.20. The smallest absolute Gasteiger partial charge is 0.132 e. The second kappa shape index (κ2) is 3.62. The van der Waals surface area contributed by atoms with Crippen molar-refractivity contribution in [1.82, 2.24) is 4.48 Å². The lowest BCUT2D eigenvalue weighted by Gasteiger charge is -2.27. The van der Waals surface area contributed by atoms with Gasteiger partial charge in [-0.15, -0.1) is 0 Å². The molecule has 1 aromatic rings. The van der Waals surface area contributed by atoms with Crippen molar-refractivity contribution in [2.75, 3.05) is 20.6 Å². The Morgan fingerprint density at radius 3 is 2.31 bits per heavy atom. The van der Waals surface area contributed by atoms with Gasteiger partial charge >= 0.3 is 0 Å². The van der Waals surface area contributed by atoms with E-state index in [1.165, 1.54) is 0 Å². The van der Waals surface area contributed by atoms with Crippen molar-refractivity contribution in [3.63, 3.8) is 0 Å². The summed E-state index contributed by atoms with van der Waals surface area (Å²) in [6, 6.07) is 7.27. The molecule has 0 spiro atoms. The molecule has 0 unspecified atom stereocenters. The van der Waals surface area contributed by atoms with Crippen molar-refractivity contribution in [1.29, 1.82) is 0 Å². The van der Waals surface area contributed by atoms with Crippen LogP contribution in [0.4, 0.5) is 5.69 Å². The Morgan fingerprint density at radius 2 is 1.85 bits per heavy atom. The van der Waals surface area contributed by atoms with Gasteiger partial charge in [0.15, 0.2) is 0 Å². The molecule has 0 aliphatic rings. The Hall–Kier alpha value is -1.28. The van der Waals surface area contributed by atoms with Crippen LogP contribution in [0.3, 0.4) is 0 Å². The van der Waals surface area contributed by atoms with Crippen molar-refractivity contribution in [2.45, 2.75) is 0 Å². The van der Waals surface area contributed by atoms with E-state index in [0.29, 0.717) is 5.75 Å². The summed E-state index contributed by atoms with van der Waals surface area (Å²) in [7, 11) is 4.21. The van der Waals surface area contributed by atoms with Crippen molar-refractivity contribution in [3.05, 3.63) is 36.9 Å². The van der Waals surface area contributed by atoms with Gasteiger partial charge in [0, 0.05) is 12.1 Å². The van der Waals surface area contributed by atoms with E-state index in [9.17, 15) is 0 Å². The number of phenolic OH excluding ortho intramolecular Hbond substituents is 1. The van der Waals surface area contributed by atoms with Gasteiger partial charge in [0.1, 0.15) is 18.0 Å². The Kier molecular flexibility index (Phi) is 2.73. The summed E-state index contributed by atoms with van der Waals surface area (Å²) in [4.78, 5) is 0. The molecule has 13 heavy (non-hydrogen) atoms. The molecule has 2 nitrogen and oxygen atoms in total. The number of benzene rings is 1. The van der Waals surface area contributed by atoms with Crippen LogP contribution in [-0.4, -0.2) is 25.7 Å². The van der Waals surface area contributed by atoms with Crippen LogP contribution in [0, 0.1) is 0 Å². The van der Waals surface area contributed by atoms with Gasteiger partial charge in [0.2, 0.25) is 0 Å². The molecule has 1 rings (SSSR count). The Bertz CT molecular complexity index is 287. The Balaban J connectivity index is 2.93. The SMILES string of the molecule is C=CC[N+](C)(C)c1ccc(O)cc1. The number of hydrogen-bond acceptors (Lipinski definition) is 1. The van der Waals surface area contributed by atoms with E-state index in [-0.39, 0.29) is 0 Å². The maximum atomic E-state index is 9.13. The van der Waals surface area contributed by atoms with Gasteiger partial charge < -0.3 is 5.11 Å². The molecule has 0 amide bonds. The van der Waals surface area contributed by atoms with Crippen molar-refractivity contribution >= 4 is 5.69 Å². The maximum Gasteiger partial charge on any atom is 0.132 e. The van der Waals surface area contributed by atoms with Crippen LogP contribution in [0.2, 0.25) is 0 Å². The van der Waals surface area contributed by atoms with E-state index in [2.05, 4.69) is 20.7 Å². The van der Waals surface area contributed by atoms with E-state index in [4.69, 9.17) is 5.11 Å². The van der Waals surface area contributed by atoms with Gasteiger partial charge in [-0.25, -0.2) is 0 Å². The highest BCUT2D eigenvalue weighted by Gasteiger charge is 2.15. The normalized spacial score (nSPS) is 11.2. The number of hydrogen-bond donors (Lipinski definition) is 1. The zero-order valence-electron chi connectivity index (χ0n) is 8.20. The molecule has 0 aromatic heterocycles. The summed E-state index contributed by atoms with van der Waals surface area (Å²) in [6.45, 7) is 4.60. The van der Waals surface area contributed by atoms with Gasteiger partial charge in [0.05, 0.1) is 14.1 Å². The summed E-state index contributed by atoms with van der Waals surface area (Å²) in [5.41, 5.74) is 1.16. The number of phenols is 1. The highest BCUT2D eigenvalue weighted by atomic mass is 16.3. The number of quaternary nitrogens is 1. The highest BCUT2D eigenvalue weighted by molar-refractivity contribution is 5.45. The van der Waals surface area contributed by atoms with E-state index >= 15 is 0 Å². The lowest BCUT2D eigenvalue weighted by molar-refractivity contribution is 0.439. The number of rotatable bonds is 3. The van der Waals surface area contributed by atoms with E-state index in [1.54, 1.807) is 12.1 Å². The van der Waals surface area contributed by atoms with Gasteiger partial charge in [-0.2, -0.15) is 0 Å². The van der Waals surface area contributed by atoms with Crippen molar-refractivity contribution in [3.8, 4) is 5.75 Å². The molecule has 0 bridgehead atoms. The fraction of sp³-hybridized carbons (Fsp3) is 0.273. The van der Waals surface area contributed by atoms with Crippen LogP contribution in [-0.2, 0) is 0 Å². The van der Waals surface area contributed by atoms with Crippen LogP contribution in [0.25, 0.3) is 0 Å². The van der Waals surface area contributed by atoms with Crippen LogP contribution in [0.15, 0.2) is 36.9 Å². The molecular weight excluding hydrogens is 162 g/mol. The molecule has 0 saturated heterocycles.